The van der Waals surface area contributed by atoms with Gasteiger partial charge in [-0.15, -0.1) is 0 Å². The van der Waals surface area contributed by atoms with E-state index >= 15 is 0 Å². The van der Waals surface area contributed by atoms with Crippen LogP contribution in [0.15, 0.2) is 84.9 Å². The van der Waals surface area contributed by atoms with E-state index in [1.54, 1.807) is 29.2 Å². The minimum atomic E-state index is -1.19. The molecule has 186 valence electrons. The zero-order valence-electron chi connectivity index (χ0n) is 20.2. The molecule has 0 saturated carbocycles. The van der Waals surface area contributed by atoms with Gasteiger partial charge in [0.05, 0.1) is 0 Å². The number of carboxylic acid groups (broad SMARTS) is 1. The lowest BCUT2D eigenvalue weighted by atomic mass is 10.0. The number of hydrogen-bond donors (Lipinski definition) is 2. The van der Waals surface area contributed by atoms with Crippen molar-refractivity contribution in [3.63, 3.8) is 0 Å². The molecule has 1 heterocycles. The molecule has 7 heteroatoms. The van der Waals surface area contributed by atoms with Gasteiger partial charge in [0.1, 0.15) is 11.3 Å². The normalized spacial score (nSPS) is 11.8. The van der Waals surface area contributed by atoms with Crippen molar-refractivity contribution in [3.05, 3.63) is 113 Å². The van der Waals surface area contributed by atoms with Crippen molar-refractivity contribution in [1.82, 2.24) is 4.90 Å². The number of rotatable bonds is 7. The average molecular weight is 496 g/mol. The van der Waals surface area contributed by atoms with E-state index in [0.717, 1.165) is 22.3 Å². The van der Waals surface area contributed by atoms with Crippen molar-refractivity contribution in [2.75, 3.05) is 6.79 Å². The zero-order chi connectivity index (χ0) is 25.9. The molecule has 0 saturated heterocycles. The highest BCUT2D eigenvalue weighted by atomic mass is 16.7. The Morgan fingerprint density at radius 3 is 2.08 bits per heavy atom. The fraction of sp³-hybridized carbons (Fsp3) is 0.133. The summed E-state index contributed by atoms with van der Waals surface area (Å²) in [6, 6.07) is 25.4. The Morgan fingerprint density at radius 2 is 1.41 bits per heavy atom. The minimum absolute atomic E-state index is 0.132. The SMILES string of the molecule is Cc1ccc(CN(Cc2ccc(-c3ccc(O)c(C(=O)O)c3)cc2)C(=O)c2ccc3c(c2)OCO3)cc1. The van der Waals surface area contributed by atoms with Gasteiger partial charge < -0.3 is 24.6 Å². The van der Waals surface area contributed by atoms with Crippen LogP contribution in [0.5, 0.6) is 17.2 Å². The van der Waals surface area contributed by atoms with E-state index in [0.29, 0.717) is 35.7 Å². The molecule has 1 aliphatic heterocycles. The first-order valence-electron chi connectivity index (χ1n) is 11.8. The van der Waals surface area contributed by atoms with Crippen LogP contribution in [-0.4, -0.2) is 33.8 Å². The van der Waals surface area contributed by atoms with Gasteiger partial charge in [-0.3, -0.25) is 4.79 Å². The Bertz CT molecular complexity index is 1460. The molecule has 0 atom stereocenters. The number of aryl methyl sites for hydroxylation is 1. The Morgan fingerprint density at radius 1 is 0.784 bits per heavy atom. The molecule has 1 amide bonds. The number of phenols is 1. The molecule has 2 N–H and O–H groups in total. The summed E-state index contributed by atoms with van der Waals surface area (Å²) >= 11 is 0. The van der Waals surface area contributed by atoms with Crippen molar-refractivity contribution in [2.45, 2.75) is 20.0 Å². The summed E-state index contributed by atoms with van der Waals surface area (Å²) < 4.78 is 10.8. The number of amides is 1. The summed E-state index contributed by atoms with van der Waals surface area (Å²) in [5, 5.41) is 19.1. The Balaban J connectivity index is 1.41. The van der Waals surface area contributed by atoms with Crippen LogP contribution in [0.4, 0.5) is 0 Å². The maximum atomic E-state index is 13.6. The second-order valence-electron chi connectivity index (χ2n) is 8.95. The van der Waals surface area contributed by atoms with Gasteiger partial charge in [-0.25, -0.2) is 4.79 Å². The highest BCUT2D eigenvalue weighted by Gasteiger charge is 2.21. The van der Waals surface area contributed by atoms with Crippen LogP contribution in [0.3, 0.4) is 0 Å². The van der Waals surface area contributed by atoms with Crippen LogP contribution in [0.25, 0.3) is 11.1 Å². The number of ether oxygens (including phenoxy) is 2. The topological polar surface area (TPSA) is 96.3 Å². The third-order valence-corrected chi connectivity index (χ3v) is 6.29. The smallest absolute Gasteiger partial charge is 0.339 e. The van der Waals surface area contributed by atoms with Gasteiger partial charge in [-0.2, -0.15) is 0 Å². The molecule has 4 aromatic rings. The maximum absolute atomic E-state index is 13.6. The molecule has 4 aromatic carbocycles. The van der Waals surface area contributed by atoms with Gasteiger partial charge in [0.25, 0.3) is 5.91 Å². The fourth-order valence-corrected chi connectivity index (χ4v) is 4.24. The lowest BCUT2D eigenvalue weighted by Crippen LogP contribution is -2.30. The number of hydrogen-bond acceptors (Lipinski definition) is 5. The summed E-state index contributed by atoms with van der Waals surface area (Å²) in [7, 11) is 0. The number of fused-ring (bicyclic) bond motifs is 1. The van der Waals surface area contributed by atoms with Crippen molar-refractivity contribution < 1.29 is 29.3 Å². The molecular weight excluding hydrogens is 470 g/mol. The average Bonchev–Trinajstić information content (AvgIpc) is 3.38. The lowest BCUT2D eigenvalue weighted by molar-refractivity contribution is 0.0692. The van der Waals surface area contributed by atoms with Gasteiger partial charge in [-0.1, -0.05) is 60.2 Å². The molecule has 0 fully saturated rings. The standard InChI is InChI=1S/C30H25NO6/c1-19-2-4-20(5-3-19)16-31(29(33)24-11-13-27-28(15-24)37-18-36-27)17-21-6-8-22(9-7-21)23-10-12-26(32)25(14-23)30(34)35/h2-15,32H,16-18H2,1H3,(H,34,35). The maximum Gasteiger partial charge on any atom is 0.339 e. The van der Waals surface area contributed by atoms with E-state index in [-0.39, 0.29) is 24.0 Å². The third kappa shape index (κ3) is 5.26. The molecule has 0 bridgehead atoms. The molecule has 1 aliphatic rings. The van der Waals surface area contributed by atoms with Crippen molar-refractivity contribution in [3.8, 4) is 28.4 Å². The molecule has 37 heavy (non-hydrogen) atoms. The van der Waals surface area contributed by atoms with Crippen molar-refractivity contribution >= 4 is 11.9 Å². The predicted octanol–water partition coefficient (Wildman–Crippen LogP) is 5.64. The monoisotopic (exact) mass is 495 g/mol. The van der Waals surface area contributed by atoms with E-state index in [1.165, 1.54) is 12.1 Å². The van der Waals surface area contributed by atoms with Gasteiger partial charge >= 0.3 is 5.97 Å². The zero-order valence-corrected chi connectivity index (χ0v) is 20.2. The number of benzene rings is 4. The van der Waals surface area contributed by atoms with E-state index < -0.39 is 5.97 Å². The third-order valence-electron chi connectivity index (χ3n) is 6.29. The highest BCUT2D eigenvalue weighted by molar-refractivity contribution is 5.95. The molecule has 0 spiro atoms. The van der Waals surface area contributed by atoms with Crippen LogP contribution < -0.4 is 9.47 Å². The van der Waals surface area contributed by atoms with Crippen molar-refractivity contribution in [1.29, 1.82) is 0 Å². The number of aromatic carboxylic acids is 1. The Labute approximate surface area is 214 Å². The summed E-state index contributed by atoms with van der Waals surface area (Å²) in [5.41, 5.74) is 4.92. The van der Waals surface area contributed by atoms with Crippen LogP contribution in [0.2, 0.25) is 0 Å². The Hall–Kier alpha value is -4.78. The molecule has 7 nitrogen and oxygen atoms in total. The second kappa shape index (κ2) is 10.1. The van der Waals surface area contributed by atoms with E-state index in [4.69, 9.17) is 9.47 Å². The molecule has 5 rings (SSSR count). The van der Waals surface area contributed by atoms with Crippen LogP contribution in [-0.2, 0) is 13.1 Å². The van der Waals surface area contributed by atoms with Crippen LogP contribution in [0, 0.1) is 6.92 Å². The fourth-order valence-electron chi connectivity index (χ4n) is 4.24. The molecule has 0 radical (unpaired) electrons. The van der Waals surface area contributed by atoms with Gasteiger partial charge in [0.15, 0.2) is 11.5 Å². The second-order valence-corrected chi connectivity index (χ2v) is 8.95. The molecule has 0 unspecified atom stereocenters. The molecule has 0 aromatic heterocycles. The summed E-state index contributed by atoms with van der Waals surface area (Å²) in [4.78, 5) is 26.8. The van der Waals surface area contributed by atoms with E-state index in [2.05, 4.69) is 0 Å². The Kier molecular flexibility index (Phi) is 6.51. The number of carboxylic acids is 1. The number of nitrogens with zero attached hydrogens (tertiary/aromatic N) is 1. The first-order chi connectivity index (χ1) is 17.9. The van der Waals surface area contributed by atoms with Gasteiger partial charge in [-0.05, 0) is 59.5 Å². The quantitative estimate of drug-likeness (QED) is 0.345. The van der Waals surface area contributed by atoms with Crippen LogP contribution >= 0.6 is 0 Å². The molecule has 0 aliphatic carbocycles. The van der Waals surface area contributed by atoms with Gasteiger partial charge in [0, 0.05) is 18.7 Å². The number of aromatic hydroxyl groups is 1. The lowest BCUT2D eigenvalue weighted by Gasteiger charge is -2.24. The van der Waals surface area contributed by atoms with Crippen molar-refractivity contribution in [2.24, 2.45) is 0 Å². The number of carbonyl (C=O) groups is 2. The number of carbonyl (C=O) groups excluding carboxylic acids is 1. The van der Waals surface area contributed by atoms with E-state index in [1.807, 2.05) is 55.5 Å². The van der Waals surface area contributed by atoms with Gasteiger partial charge in [0.2, 0.25) is 6.79 Å². The first-order valence-corrected chi connectivity index (χ1v) is 11.8. The largest absolute Gasteiger partial charge is 0.507 e. The van der Waals surface area contributed by atoms with E-state index in [9.17, 15) is 19.8 Å². The molecular formula is C30H25NO6. The minimum Gasteiger partial charge on any atom is -0.507 e. The van der Waals surface area contributed by atoms with Crippen LogP contribution in [0.1, 0.15) is 37.4 Å². The first kappa shape index (κ1) is 23.9. The summed E-state index contributed by atoms with van der Waals surface area (Å²) in [6.07, 6.45) is 0. The highest BCUT2D eigenvalue weighted by Crippen LogP contribution is 2.33. The summed E-state index contributed by atoms with van der Waals surface area (Å²) in [6.45, 7) is 2.96. The summed E-state index contributed by atoms with van der Waals surface area (Å²) in [5.74, 6) is -0.420. The predicted molar refractivity (Wildman–Crippen MR) is 138 cm³/mol.